The lowest BCUT2D eigenvalue weighted by atomic mass is 10.1. The van der Waals surface area contributed by atoms with Gasteiger partial charge in [0.15, 0.2) is 0 Å². The van der Waals surface area contributed by atoms with Gasteiger partial charge < -0.3 is 14.5 Å². The molecule has 1 unspecified atom stereocenters. The first kappa shape index (κ1) is 17.8. The van der Waals surface area contributed by atoms with Gasteiger partial charge in [-0.15, -0.1) is 0 Å². The van der Waals surface area contributed by atoms with Crippen molar-refractivity contribution in [2.75, 3.05) is 39.2 Å². The molecule has 0 aromatic heterocycles. The van der Waals surface area contributed by atoms with Crippen LogP contribution in [0.2, 0.25) is 0 Å². The summed E-state index contributed by atoms with van der Waals surface area (Å²) >= 11 is 1.71. The summed E-state index contributed by atoms with van der Waals surface area (Å²) in [5.74, 6) is 0.217. The number of hydrogen-bond acceptors (Lipinski definition) is 5. The Labute approximate surface area is 153 Å². The molecule has 132 valence electrons. The number of hydrogen-bond donors (Lipinski definition) is 0. The molecule has 5 heteroatoms. The Morgan fingerprint density at radius 2 is 1.88 bits per heavy atom. The maximum Gasteiger partial charge on any atom is 0.337 e. The van der Waals surface area contributed by atoms with Gasteiger partial charge in [0.05, 0.1) is 24.0 Å². The molecule has 2 aromatic carbocycles. The van der Waals surface area contributed by atoms with E-state index in [2.05, 4.69) is 55.1 Å². The second kappa shape index (κ2) is 7.50. The van der Waals surface area contributed by atoms with Crippen LogP contribution < -0.4 is 4.90 Å². The van der Waals surface area contributed by atoms with Crippen molar-refractivity contribution in [1.29, 1.82) is 0 Å². The van der Waals surface area contributed by atoms with Gasteiger partial charge in [-0.25, -0.2) is 4.79 Å². The van der Waals surface area contributed by atoms with Crippen molar-refractivity contribution in [2.24, 2.45) is 5.92 Å². The van der Waals surface area contributed by atoms with Gasteiger partial charge in [0.25, 0.3) is 0 Å². The Morgan fingerprint density at radius 1 is 1.16 bits per heavy atom. The Kier molecular flexibility index (Phi) is 5.35. The van der Waals surface area contributed by atoms with Crippen LogP contribution in [-0.2, 0) is 4.74 Å². The minimum Gasteiger partial charge on any atom is -0.465 e. The second-order valence-electron chi connectivity index (χ2n) is 6.72. The highest BCUT2D eigenvalue weighted by atomic mass is 32.2. The lowest BCUT2D eigenvalue weighted by molar-refractivity contribution is 0.0600. The summed E-state index contributed by atoms with van der Waals surface area (Å²) in [5.41, 5.74) is 2.98. The van der Waals surface area contributed by atoms with Crippen LogP contribution >= 0.6 is 11.8 Å². The monoisotopic (exact) mass is 356 g/mol. The van der Waals surface area contributed by atoms with E-state index in [0.717, 1.165) is 23.7 Å². The Balaban J connectivity index is 1.98. The van der Waals surface area contributed by atoms with Crippen LogP contribution in [0.15, 0.2) is 52.3 Å². The van der Waals surface area contributed by atoms with Crippen molar-refractivity contribution >= 4 is 29.1 Å². The lowest BCUT2D eigenvalue weighted by Crippen LogP contribution is -2.31. The number of fused-ring (bicyclic) bond motifs is 2. The molecule has 0 aliphatic carbocycles. The summed E-state index contributed by atoms with van der Waals surface area (Å²) in [6.07, 6.45) is 0. The van der Waals surface area contributed by atoms with Crippen molar-refractivity contribution < 1.29 is 9.53 Å². The zero-order valence-corrected chi connectivity index (χ0v) is 16.0. The van der Waals surface area contributed by atoms with Crippen LogP contribution in [0, 0.1) is 5.92 Å². The third kappa shape index (κ3) is 3.83. The second-order valence-corrected chi connectivity index (χ2v) is 7.81. The molecule has 1 aliphatic rings. The highest BCUT2D eigenvalue weighted by molar-refractivity contribution is 7.99. The zero-order chi connectivity index (χ0) is 18.0. The van der Waals surface area contributed by atoms with Crippen molar-refractivity contribution in [3.63, 3.8) is 0 Å². The number of nitrogens with zero attached hydrogens (tertiary/aromatic N) is 2. The fourth-order valence-electron chi connectivity index (χ4n) is 3.27. The van der Waals surface area contributed by atoms with Gasteiger partial charge >= 0.3 is 5.97 Å². The van der Waals surface area contributed by atoms with E-state index in [1.165, 1.54) is 17.7 Å². The first-order valence-corrected chi connectivity index (χ1v) is 9.22. The molecule has 0 amide bonds. The average molecular weight is 356 g/mol. The van der Waals surface area contributed by atoms with E-state index in [9.17, 15) is 4.79 Å². The number of methoxy groups -OCH3 is 1. The average Bonchev–Trinajstić information content (AvgIpc) is 2.59. The molecular weight excluding hydrogens is 332 g/mol. The van der Waals surface area contributed by atoms with E-state index >= 15 is 0 Å². The first-order valence-electron chi connectivity index (χ1n) is 8.41. The maximum atomic E-state index is 11.9. The van der Waals surface area contributed by atoms with E-state index in [1.807, 2.05) is 18.2 Å². The summed E-state index contributed by atoms with van der Waals surface area (Å²) in [6.45, 7) is 4.23. The lowest BCUT2D eigenvalue weighted by Gasteiger charge is -2.35. The van der Waals surface area contributed by atoms with E-state index in [1.54, 1.807) is 11.8 Å². The van der Waals surface area contributed by atoms with Crippen molar-refractivity contribution in [2.45, 2.75) is 16.7 Å². The first-order chi connectivity index (χ1) is 12.0. The van der Waals surface area contributed by atoms with E-state index in [0.29, 0.717) is 11.5 Å². The summed E-state index contributed by atoms with van der Waals surface area (Å²) in [5, 5.41) is 0. The zero-order valence-electron chi connectivity index (χ0n) is 15.2. The molecule has 1 heterocycles. The molecule has 0 saturated carbocycles. The van der Waals surface area contributed by atoms with Gasteiger partial charge in [0.1, 0.15) is 0 Å². The minimum atomic E-state index is -0.296. The van der Waals surface area contributed by atoms with Crippen LogP contribution in [0.3, 0.4) is 0 Å². The van der Waals surface area contributed by atoms with Crippen LogP contribution in [0.25, 0.3) is 0 Å². The molecule has 0 N–H and O–H groups in total. The maximum absolute atomic E-state index is 11.9. The summed E-state index contributed by atoms with van der Waals surface area (Å²) in [6, 6.07) is 14.3. The van der Waals surface area contributed by atoms with Gasteiger partial charge in [-0.1, -0.05) is 30.8 Å². The number of rotatable bonds is 5. The molecule has 0 radical (unpaired) electrons. The molecular formula is C20H24N2O2S. The largest absolute Gasteiger partial charge is 0.465 e. The van der Waals surface area contributed by atoms with Gasteiger partial charge in [-0.05, 0) is 50.3 Å². The number of carbonyl (C=O) groups excluding carboxylic acids is 1. The SMILES string of the molecule is COC(=O)c1ccc2c(c1)Sc1ccccc1N2CC(C)CN(C)C. The standard InChI is InChI=1S/C20H24N2O2S/c1-14(12-21(2)3)13-22-16-7-5-6-8-18(16)25-19-11-15(20(23)24-4)9-10-17(19)22/h5-11,14H,12-13H2,1-4H3. The number of ether oxygens (including phenoxy) is 1. The predicted octanol–water partition coefficient (Wildman–Crippen LogP) is 4.27. The number of anilines is 2. The van der Waals surface area contributed by atoms with E-state index in [4.69, 9.17) is 4.74 Å². The number of benzene rings is 2. The third-order valence-corrected chi connectivity index (χ3v) is 5.33. The molecule has 0 spiro atoms. The van der Waals surface area contributed by atoms with Crippen LogP contribution in [0.5, 0.6) is 0 Å². The van der Waals surface area contributed by atoms with E-state index in [-0.39, 0.29) is 5.97 Å². The van der Waals surface area contributed by atoms with Gasteiger partial charge in [0.2, 0.25) is 0 Å². The molecule has 0 saturated heterocycles. The minimum absolute atomic E-state index is 0.296. The molecule has 1 aliphatic heterocycles. The number of para-hydroxylation sites is 1. The van der Waals surface area contributed by atoms with Crippen LogP contribution in [0.1, 0.15) is 17.3 Å². The Bertz CT molecular complexity index is 776. The molecule has 4 nitrogen and oxygen atoms in total. The Morgan fingerprint density at radius 3 is 2.60 bits per heavy atom. The fraction of sp³-hybridized carbons (Fsp3) is 0.350. The number of esters is 1. The molecule has 0 bridgehead atoms. The summed E-state index contributed by atoms with van der Waals surface area (Å²) in [4.78, 5) is 18.8. The van der Waals surface area contributed by atoms with E-state index < -0.39 is 0 Å². The summed E-state index contributed by atoms with van der Waals surface area (Å²) in [7, 11) is 5.62. The van der Waals surface area contributed by atoms with Crippen LogP contribution in [0.4, 0.5) is 11.4 Å². The fourth-order valence-corrected chi connectivity index (χ4v) is 4.40. The van der Waals surface area contributed by atoms with Crippen LogP contribution in [-0.4, -0.2) is 45.2 Å². The summed E-state index contributed by atoms with van der Waals surface area (Å²) < 4.78 is 4.86. The normalized spacial score (nSPS) is 14.0. The molecule has 25 heavy (non-hydrogen) atoms. The highest BCUT2D eigenvalue weighted by Crippen LogP contribution is 2.48. The van der Waals surface area contributed by atoms with Crippen molar-refractivity contribution in [3.8, 4) is 0 Å². The quantitative estimate of drug-likeness (QED) is 0.747. The molecule has 0 fully saturated rings. The highest BCUT2D eigenvalue weighted by Gasteiger charge is 2.25. The number of carbonyl (C=O) groups is 1. The molecule has 3 rings (SSSR count). The molecule has 2 aromatic rings. The van der Waals surface area contributed by atoms with Gasteiger partial charge in [-0.2, -0.15) is 0 Å². The van der Waals surface area contributed by atoms with Gasteiger partial charge in [0, 0.05) is 22.9 Å². The van der Waals surface area contributed by atoms with Crippen molar-refractivity contribution in [3.05, 3.63) is 48.0 Å². The molecule has 1 atom stereocenters. The third-order valence-electron chi connectivity index (χ3n) is 4.22. The smallest absolute Gasteiger partial charge is 0.337 e. The predicted molar refractivity (Wildman–Crippen MR) is 103 cm³/mol. The topological polar surface area (TPSA) is 32.8 Å². The van der Waals surface area contributed by atoms with Crippen molar-refractivity contribution in [1.82, 2.24) is 4.90 Å². The van der Waals surface area contributed by atoms with Gasteiger partial charge in [-0.3, -0.25) is 0 Å². The Hall–Kier alpha value is -1.98.